The van der Waals surface area contributed by atoms with E-state index in [1.807, 2.05) is 0 Å². The molecule has 0 heterocycles. The second kappa shape index (κ2) is 2.58. The standard InChI is InChI=1S/C4H9NO2/c1-3(5)4(6)7-2/h3H,5H2,1-2H3/t3-/m0/s1/i1D3,3D. The lowest BCUT2D eigenvalue weighted by atomic mass is 10.4. The monoisotopic (exact) mass is 107 g/mol. The third-order valence-corrected chi connectivity index (χ3v) is 0.405. The fourth-order valence-corrected chi connectivity index (χ4v) is 0.110. The smallest absolute Gasteiger partial charge is 0.322 e. The van der Waals surface area contributed by atoms with Crippen molar-refractivity contribution < 1.29 is 15.0 Å². The van der Waals surface area contributed by atoms with E-state index >= 15 is 0 Å². The molecule has 3 heteroatoms. The third-order valence-electron chi connectivity index (χ3n) is 0.405. The van der Waals surface area contributed by atoms with Gasteiger partial charge >= 0.3 is 5.97 Å². The number of hydrogen-bond acceptors (Lipinski definition) is 3. The van der Waals surface area contributed by atoms with Crippen LogP contribution in [0.15, 0.2) is 0 Å². The molecule has 0 aliphatic rings. The van der Waals surface area contributed by atoms with Gasteiger partial charge < -0.3 is 10.5 Å². The van der Waals surface area contributed by atoms with Gasteiger partial charge in [-0.3, -0.25) is 4.79 Å². The fourth-order valence-electron chi connectivity index (χ4n) is 0.110. The summed E-state index contributed by atoms with van der Waals surface area (Å²) in [6.07, 6.45) is 0. The molecule has 0 fully saturated rings. The minimum absolute atomic E-state index is 0.976. The Morgan fingerprint density at radius 1 is 2.29 bits per heavy atom. The predicted molar refractivity (Wildman–Crippen MR) is 25.7 cm³/mol. The summed E-state index contributed by atoms with van der Waals surface area (Å²) in [7, 11) is 0.976. The number of hydrogen-bond donors (Lipinski definition) is 1. The molecule has 0 aromatic heterocycles. The van der Waals surface area contributed by atoms with E-state index in [0.29, 0.717) is 0 Å². The van der Waals surface area contributed by atoms with Crippen molar-refractivity contribution in [1.82, 2.24) is 0 Å². The average Bonchev–Trinajstić information content (AvgIpc) is 1.83. The number of rotatable bonds is 1. The molecule has 0 saturated carbocycles. The molecule has 0 aromatic rings. The lowest BCUT2D eigenvalue weighted by Gasteiger charge is -1.98. The molecule has 7 heavy (non-hydrogen) atoms. The van der Waals surface area contributed by atoms with E-state index in [2.05, 4.69) is 4.74 Å². The molecule has 0 radical (unpaired) electrons. The fraction of sp³-hybridized carbons (Fsp3) is 0.750. The first-order valence-electron chi connectivity index (χ1n) is 3.61. The van der Waals surface area contributed by atoms with E-state index in [4.69, 9.17) is 11.2 Å². The van der Waals surface area contributed by atoms with Crippen LogP contribution in [0.25, 0.3) is 0 Å². The number of carbonyl (C=O) groups is 1. The zero-order valence-electron chi connectivity index (χ0n) is 7.89. The van der Waals surface area contributed by atoms with E-state index < -0.39 is 18.8 Å². The molecule has 0 aromatic carbocycles. The van der Waals surface area contributed by atoms with Gasteiger partial charge in [0.2, 0.25) is 0 Å². The topological polar surface area (TPSA) is 52.3 Å². The van der Waals surface area contributed by atoms with Gasteiger partial charge in [0.1, 0.15) is 6.02 Å². The molecule has 3 nitrogen and oxygen atoms in total. The summed E-state index contributed by atoms with van der Waals surface area (Å²) >= 11 is 0. The SMILES string of the molecule is [2H]C([2H])([2H])[C@]([2H])(N)C(=O)OC. The first-order chi connectivity index (χ1) is 4.73. The van der Waals surface area contributed by atoms with Crippen molar-refractivity contribution in [3.05, 3.63) is 0 Å². The summed E-state index contributed by atoms with van der Waals surface area (Å²) < 4.78 is 31.0. The first-order valence-corrected chi connectivity index (χ1v) is 1.61. The van der Waals surface area contributed by atoms with Crippen LogP contribution in [0.2, 0.25) is 0 Å². The molecule has 0 unspecified atom stereocenters. The summed E-state index contributed by atoms with van der Waals surface area (Å²) in [5, 5.41) is 0. The van der Waals surface area contributed by atoms with E-state index in [9.17, 15) is 4.79 Å². The third kappa shape index (κ3) is 2.17. The lowest BCUT2D eigenvalue weighted by Crippen LogP contribution is -2.27. The molecule has 42 valence electrons. The van der Waals surface area contributed by atoms with Crippen molar-refractivity contribution in [3.63, 3.8) is 0 Å². The first kappa shape index (κ1) is 2.13. The van der Waals surface area contributed by atoms with Crippen LogP contribution in [0, 0.1) is 0 Å². The number of nitrogens with two attached hydrogens (primary N) is 1. The quantitative estimate of drug-likeness (QED) is 0.460. The molecule has 0 rings (SSSR count). The van der Waals surface area contributed by atoms with Crippen molar-refractivity contribution in [2.24, 2.45) is 5.73 Å². The van der Waals surface area contributed by atoms with Crippen LogP contribution in [0.4, 0.5) is 0 Å². The Balaban J connectivity index is 4.59. The Kier molecular flexibility index (Phi) is 0.785. The van der Waals surface area contributed by atoms with Gasteiger partial charge in [0, 0.05) is 4.11 Å². The molecule has 0 amide bonds. The van der Waals surface area contributed by atoms with Crippen molar-refractivity contribution in [2.75, 3.05) is 7.11 Å². The average molecular weight is 107 g/mol. The molecule has 0 saturated heterocycles. The highest BCUT2D eigenvalue weighted by atomic mass is 16.5. The number of ether oxygens (including phenoxy) is 1. The number of methoxy groups -OCH3 is 1. The molecular formula is C4H9NO2. The molecular weight excluding hydrogens is 94.0 g/mol. The van der Waals surface area contributed by atoms with Crippen LogP contribution >= 0.6 is 0 Å². The maximum atomic E-state index is 10.6. The zero-order chi connectivity index (χ0) is 9.28. The largest absolute Gasteiger partial charge is 0.468 e. The summed E-state index contributed by atoms with van der Waals surface area (Å²) in [5.74, 6) is -1.27. The molecule has 0 aliphatic heterocycles. The van der Waals surface area contributed by atoms with Gasteiger partial charge in [0.15, 0.2) is 0 Å². The lowest BCUT2D eigenvalue weighted by molar-refractivity contribution is -0.141. The van der Waals surface area contributed by atoms with E-state index in [1.165, 1.54) is 0 Å². The van der Waals surface area contributed by atoms with Crippen molar-refractivity contribution in [3.8, 4) is 0 Å². The summed E-state index contributed by atoms with van der Waals surface area (Å²) in [6.45, 7) is -2.86. The Morgan fingerprint density at radius 2 is 2.86 bits per heavy atom. The zero-order valence-corrected chi connectivity index (χ0v) is 3.89. The van der Waals surface area contributed by atoms with Crippen LogP contribution in [0.1, 0.15) is 12.3 Å². The van der Waals surface area contributed by atoms with Gasteiger partial charge in [0.25, 0.3) is 0 Å². The second-order valence-electron chi connectivity index (χ2n) is 0.905. The number of carbonyl (C=O) groups excluding carboxylic acids is 1. The molecule has 1 atom stereocenters. The van der Waals surface area contributed by atoms with Crippen LogP contribution in [0.3, 0.4) is 0 Å². The van der Waals surface area contributed by atoms with Gasteiger partial charge in [-0.15, -0.1) is 0 Å². The van der Waals surface area contributed by atoms with E-state index in [1.54, 1.807) is 0 Å². The highest BCUT2D eigenvalue weighted by Gasteiger charge is 2.03. The van der Waals surface area contributed by atoms with E-state index in [0.717, 1.165) is 7.11 Å². The maximum Gasteiger partial charge on any atom is 0.322 e. The Bertz CT molecular complexity index is 164. The summed E-state index contributed by atoms with van der Waals surface area (Å²) in [5.41, 5.74) is 4.88. The molecule has 2 N–H and O–H groups in total. The predicted octanol–water partition coefficient (Wildman–Crippen LogP) is -0.493. The van der Waals surface area contributed by atoms with Gasteiger partial charge in [-0.25, -0.2) is 0 Å². The van der Waals surface area contributed by atoms with Crippen LogP contribution in [0.5, 0.6) is 0 Å². The van der Waals surface area contributed by atoms with Crippen molar-refractivity contribution in [1.29, 1.82) is 0 Å². The van der Waals surface area contributed by atoms with Crippen molar-refractivity contribution >= 4 is 5.97 Å². The van der Waals surface area contributed by atoms with Crippen molar-refractivity contribution in [2.45, 2.75) is 12.9 Å². The van der Waals surface area contributed by atoms with Gasteiger partial charge in [-0.2, -0.15) is 0 Å². The Hall–Kier alpha value is -0.570. The Labute approximate surface area is 48.1 Å². The normalized spacial score (nSPS) is 27.7. The maximum absolute atomic E-state index is 10.6. The van der Waals surface area contributed by atoms with Crippen LogP contribution in [-0.4, -0.2) is 19.1 Å². The van der Waals surface area contributed by atoms with Gasteiger partial charge in [-0.1, -0.05) is 0 Å². The van der Waals surface area contributed by atoms with Gasteiger partial charge in [0.05, 0.1) is 8.48 Å². The summed E-state index contributed by atoms with van der Waals surface area (Å²) in [6, 6.07) is -2.66. The van der Waals surface area contributed by atoms with Crippen LogP contribution in [-0.2, 0) is 9.53 Å². The van der Waals surface area contributed by atoms with Gasteiger partial charge in [-0.05, 0) is 6.85 Å². The summed E-state index contributed by atoms with van der Waals surface area (Å²) in [4.78, 5) is 10.6. The highest BCUT2D eigenvalue weighted by Crippen LogP contribution is 1.76. The molecule has 0 spiro atoms. The minimum Gasteiger partial charge on any atom is -0.468 e. The molecule has 0 aliphatic carbocycles. The molecule has 0 bridgehead atoms. The second-order valence-corrected chi connectivity index (χ2v) is 0.905. The Morgan fingerprint density at radius 3 is 3.00 bits per heavy atom. The van der Waals surface area contributed by atoms with E-state index in [-0.39, 0.29) is 0 Å². The highest BCUT2D eigenvalue weighted by molar-refractivity contribution is 5.74. The minimum atomic E-state index is -2.86. The van der Waals surface area contributed by atoms with Crippen LogP contribution < -0.4 is 5.73 Å². The number of esters is 1.